The topological polar surface area (TPSA) is 77.1 Å². The summed E-state index contributed by atoms with van der Waals surface area (Å²) in [6.45, 7) is 6.69. The zero-order valence-corrected chi connectivity index (χ0v) is 21.0. The number of nitrogens with one attached hydrogen (secondary N) is 1. The van der Waals surface area contributed by atoms with Crippen LogP contribution in [0.5, 0.6) is 17.2 Å². The predicted octanol–water partition coefficient (Wildman–Crippen LogP) is 4.58. The SMILES string of the molecule is CCC(C)NC(=O)C(CC)N(Cc1ccc(OC)cc1)C(=O)CCCOc1ccc(OC)cc1. The first-order valence-electron chi connectivity index (χ1n) is 11.9. The Kier molecular flexibility index (Phi) is 11.2. The van der Waals surface area contributed by atoms with Crippen LogP contribution in [0.3, 0.4) is 0 Å². The van der Waals surface area contributed by atoms with Crippen molar-refractivity contribution in [3.63, 3.8) is 0 Å². The van der Waals surface area contributed by atoms with Gasteiger partial charge in [0.1, 0.15) is 23.3 Å². The van der Waals surface area contributed by atoms with Crippen LogP contribution in [0.25, 0.3) is 0 Å². The van der Waals surface area contributed by atoms with Gasteiger partial charge in [-0.05, 0) is 68.1 Å². The molecule has 0 aliphatic carbocycles. The van der Waals surface area contributed by atoms with Gasteiger partial charge in [0.15, 0.2) is 0 Å². The van der Waals surface area contributed by atoms with E-state index in [-0.39, 0.29) is 17.9 Å². The zero-order chi connectivity index (χ0) is 24.9. The van der Waals surface area contributed by atoms with Crippen LogP contribution in [-0.2, 0) is 16.1 Å². The molecular weight excluding hydrogens is 432 g/mol. The van der Waals surface area contributed by atoms with Crippen LogP contribution in [0.4, 0.5) is 0 Å². The van der Waals surface area contributed by atoms with Gasteiger partial charge in [-0.2, -0.15) is 0 Å². The summed E-state index contributed by atoms with van der Waals surface area (Å²) in [6.07, 6.45) is 2.20. The van der Waals surface area contributed by atoms with Gasteiger partial charge in [0.2, 0.25) is 11.8 Å². The van der Waals surface area contributed by atoms with Crippen molar-refractivity contribution in [2.24, 2.45) is 0 Å². The fourth-order valence-corrected chi connectivity index (χ4v) is 3.52. The van der Waals surface area contributed by atoms with E-state index in [0.717, 1.165) is 29.2 Å². The number of ether oxygens (including phenoxy) is 3. The third-order valence-electron chi connectivity index (χ3n) is 5.76. The number of hydrogen-bond acceptors (Lipinski definition) is 5. The maximum atomic E-state index is 13.3. The zero-order valence-electron chi connectivity index (χ0n) is 21.0. The summed E-state index contributed by atoms with van der Waals surface area (Å²) >= 11 is 0. The van der Waals surface area contributed by atoms with E-state index in [1.165, 1.54) is 0 Å². The van der Waals surface area contributed by atoms with Crippen molar-refractivity contribution in [2.75, 3.05) is 20.8 Å². The first-order valence-corrected chi connectivity index (χ1v) is 11.9. The van der Waals surface area contributed by atoms with Gasteiger partial charge in [-0.25, -0.2) is 0 Å². The fraction of sp³-hybridized carbons (Fsp3) is 0.481. The molecule has 0 fully saturated rings. The van der Waals surface area contributed by atoms with Crippen LogP contribution in [0, 0.1) is 0 Å². The Hall–Kier alpha value is -3.22. The van der Waals surface area contributed by atoms with E-state index in [1.54, 1.807) is 19.1 Å². The number of methoxy groups -OCH3 is 2. The van der Waals surface area contributed by atoms with E-state index in [4.69, 9.17) is 14.2 Å². The predicted molar refractivity (Wildman–Crippen MR) is 133 cm³/mol. The molecule has 7 heteroatoms. The van der Waals surface area contributed by atoms with Gasteiger partial charge in [0, 0.05) is 19.0 Å². The van der Waals surface area contributed by atoms with Gasteiger partial charge in [0.05, 0.1) is 20.8 Å². The second-order valence-electron chi connectivity index (χ2n) is 8.24. The number of carbonyl (C=O) groups excluding carboxylic acids is 2. The van der Waals surface area contributed by atoms with E-state index in [0.29, 0.717) is 32.4 Å². The van der Waals surface area contributed by atoms with E-state index in [2.05, 4.69) is 5.32 Å². The second kappa shape index (κ2) is 14.1. The molecule has 2 aromatic carbocycles. The lowest BCUT2D eigenvalue weighted by atomic mass is 10.1. The smallest absolute Gasteiger partial charge is 0.243 e. The van der Waals surface area contributed by atoms with Crippen molar-refractivity contribution >= 4 is 11.8 Å². The second-order valence-corrected chi connectivity index (χ2v) is 8.24. The number of hydrogen-bond donors (Lipinski definition) is 1. The molecule has 0 heterocycles. The van der Waals surface area contributed by atoms with Crippen LogP contribution in [0.1, 0.15) is 52.0 Å². The van der Waals surface area contributed by atoms with Gasteiger partial charge in [-0.15, -0.1) is 0 Å². The lowest BCUT2D eigenvalue weighted by Crippen LogP contribution is -2.50. The first-order chi connectivity index (χ1) is 16.4. The van der Waals surface area contributed by atoms with Crippen LogP contribution < -0.4 is 19.5 Å². The van der Waals surface area contributed by atoms with E-state index in [9.17, 15) is 9.59 Å². The largest absolute Gasteiger partial charge is 0.497 e. The highest BCUT2D eigenvalue weighted by Gasteiger charge is 2.29. The van der Waals surface area contributed by atoms with E-state index < -0.39 is 6.04 Å². The Labute approximate surface area is 203 Å². The molecule has 0 saturated heterocycles. The number of nitrogens with zero attached hydrogens (tertiary/aromatic N) is 1. The molecule has 2 unspecified atom stereocenters. The van der Waals surface area contributed by atoms with Gasteiger partial charge in [0.25, 0.3) is 0 Å². The fourth-order valence-electron chi connectivity index (χ4n) is 3.52. The third-order valence-corrected chi connectivity index (χ3v) is 5.76. The monoisotopic (exact) mass is 470 g/mol. The summed E-state index contributed by atoms with van der Waals surface area (Å²) in [5.74, 6) is 2.05. The molecule has 2 atom stereocenters. The molecule has 0 radical (unpaired) electrons. The van der Waals surface area contributed by atoms with Crippen molar-refractivity contribution in [2.45, 2.75) is 65.1 Å². The molecule has 0 aromatic heterocycles. The first kappa shape index (κ1) is 27.0. The Morgan fingerprint density at radius 3 is 1.97 bits per heavy atom. The molecule has 1 N–H and O–H groups in total. The number of carbonyl (C=O) groups is 2. The van der Waals surface area contributed by atoms with Gasteiger partial charge in [-0.3, -0.25) is 9.59 Å². The Morgan fingerprint density at radius 2 is 1.44 bits per heavy atom. The Morgan fingerprint density at radius 1 is 0.882 bits per heavy atom. The van der Waals surface area contributed by atoms with Crippen LogP contribution in [0.15, 0.2) is 48.5 Å². The minimum atomic E-state index is -0.536. The molecule has 0 saturated carbocycles. The molecule has 0 aliphatic rings. The average molecular weight is 471 g/mol. The van der Waals surface area contributed by atoms with Crippen molar-refractivity contribution < 1.29 is 23.8 Å². The van der Waals surface area contributed by atoms with Crippen molar-refractivity contribution in [3.05, 3.63) is 54.1 Å². The molecule has 0 aliphatic heterocycles. The highest BCUT2D eigenvalue weighted by Crippen LogP contribution is 2.19. The van der Waals surface area contributed by atoms with Crippen LogP contribution >= 0.6 is 0 Å². The quantitative estimate of drug-likeness (QED) is 0.409. The molecule has 186 valence electrons. The van der Waals surface area contributed by atoms with Crippen LogP contribution in [0.2, 0.25) is 0 Å². The van der Waals surface area contributed by atoms with Crippen molar-refractivity contribution in [3.8, 4) is 17.2 Å². The summed E-state index contributed by atoms with van der Waals surface area (Å²) in [5, 5.41) is 3.03. The lowest BCUT2D eigenvalue weighted by Gasteiger charge is -2.31. The van der Waals surface area contributed by atoms with Gasteiger partial charge >= 0.3 is 0 Å². The standard InChI is InChI=1S/C27H38N2O5/c1-6-20(3)28-27(31)25(7-2)29(19-21-10-12-22(32-4)13-11-21)26(30)9-8-18-34-24-16-14-23(33-5)15-17-24/h10-17,20,25H,6-9,18-19H2,1-5H3,(H,28,31). The van der Waals surface area contributed by atoms with Crippen LogP contribution in [-0.4, -0.2) is 49.6 Å². The summed E-state index contributed by atoms with van der Waals surface area (Å²) < 4.78 is 16.1. The van der Waals surface area contributed by atoms with Crippen molar-refractivity contribution in [1.82, 2.24) is 10.2 Å². The molecule has 0 bridgehead atoms. The highest BCUT2D eigenvalue weighted by molar-refractivity contribution is 5.87. The number of rotatable bonds is 14. The molecule has 2 aromatic rings. The molecule has 2 amide bonds. The molecule has 34 heavy (non-hydrogen) atoms. The van der Waals surface area contributed by atoms with Crippen molar-refractivity contribution in [1.29, 1.82) is 0 Å². The summed E-state index contributed by atoms with van der Waals surface area (Å²) in [4.78, 5) is 27.9. The lowest BCUT2D eigenvalue weighted by molar-refractivity contribution is -0.141. The van der Waals surface area contributed by atoms with Gasteiger partial charge in [-0.1, -0.05) is 26.0 Å². The number of amides is 2. The Balaban J connectivity index is 2.05. The summed E-state index contributed by atoms with van der Waals surface area (Å²) in [6, 6.07) is 14.4. The summed E-state index contributed by atoms with van der Waals surface area (Å²) in [5.41, 5.74) is 0.943. The molecule has 0 spiro atoms. The number of benzene rings is 2. The maximum Gasteiger partial charge on any atom is 0.243 e. The van der Waals surface area contributed by atoms with E-state index in [1.807, 2.05) is 69.3 Å². The highest BCUT2D eigenvalue weighted by atomic mass is 16.5. The molecular formula is C27H38N2O5. The normalized spacial score (nSPS) is 12.4. The Bertz CT molecular complexity index is 883. The maximum absolute atomic E-state index is 13.3. The molecule has 2 rings (SSSR count). The van der Waals surface area contributed by atoms with E-state index >= 15 is 0 Å². The molecule has 7 nitrogen and oxygen atoms in total. The van der Waals surface area contributed by atoms with Gasteiger partial charge < -0.3 is 24.4 Å². The summed E-state index contributed by atoms with van der Waals surface area (Å²) in [7, 11) is 3.23. The minimum absolute atomic E-state index is 0.0531. The average Bonchev–Trinajstić information content (AvgIpc) is 2.86. The third kappa shape index (κ3) is 8.28. The minimum Gasteiger partial charge on any atom is -0.497 e.